The number of ether oxygens (including phenoxy) is 1. The molecule has 0 atom stereocenters. The Labute approximate surface area is 153 Å². The predicted molar refractivity (Wildman–Crippen MR) is 102 cm³/mol. The van der Waals surface area contributed by atoms with Gasteiger partial charge in [-0.2, -0.15) is 0 Å². The Morgan fingerprint density at radius 3 is 2.46 bits per heavy atom. The van der Waals surface area contributed by atoms with Crippen molar-refractivity contribution in [3.8, 4) is 0 Å². The van der Waals surface area contributed by atoms with Crippen LogP contribution >= 0.6 is 23.4 Å². The molecular formula is C20H23ClO2S. The van der Waals surface area contributed by atoms with Gasteiger partial charge in [0.1, 0.15) is 0 Å². The van der Waals surface area contributed by atoms with Crippen LogP contribution in [0, 0.1) is 0 Å². The van der Waals surface area contributed by atoms with Crippen LogP contribution in [-0.2, 0) is 22.4 Å². The smallest absolute Gasteiger partial charge is 0.310 e. The maximum Gasteiger partial charge on any atom is 0.310 e. The minimum absolute atomic E-state index is 0.165. The highest BCUT2D eigenvalue weighted by atomic mass is 35.5. The van der Waals surface area contributed by atoms with Crippen LogP contribution in [0.2, 0.25) is 5.02 Å². The molecule has 0 radical (unpaired) electrons. The number of benzene rings is 2. The summed E-state index contributed by atoms with van der Waals surface area (Å²) < 4.78 is 4.96. The molecule has 0 N–H and O–H groups in total. The van der Waals surface area contributed by atoms with Gasteiger partial charge < -0.3 is 4.74 Å². The maximum atomic E-state index is 11.4. The molecule has 0 aliphatic carbocycles. The summed E-state index contributed by atoms with van der Waals surface area (Å²) in [5.74, 6) is 0.909. The van der Waals surface area contributed by atoms with Crippen molar-refractivity contribution >= 4 is 29.3 Å². The number of rotatable bonds is 9. The van der Waals surface area contributed by atoms with E-state index in [0.717, 1.165) is 40.5 Å². The average Bonchev–Trinajstić information content (AvgIpc) is 2.58. The normalized spacial score (nSPS) is 10.6. The summed E-state index contributed by atoms with van der Waals surface area (Å²) in [7, 11) is 0. The highest BCUT2D eigenvalue weighted by Gasteiger charge is 2.04. The molecule has 0 aliphatic rings. The monoisotopic (exact) mass is 362 g/mol. The fourth-order valence-corrected chi connectivity index (χ4v) is 3.63. The van der Waals surface area contributed by atoms with E-state index in [1.165, 1.54) is 5.56 Å². The third-order valence-electron chi connectivity index (χ3n) is 3.63. The molecule has 0 spiro atoms. The van der Waals surface area contributed by atoms with Gasteiger partial charge in [-0.15, -0.1) is 11.8 Å². The number of thioether (sulfide) groups is 1. The molecule has 4 heteroatoms. The zero-order chi connectivity index (χ0) is 17.2. The van der Waals surface area contributed by atoms with Crippen LogP contribution in [0.4, 0.5) is 0 Å². The second kappa shape index (κ2) is 10.4. The number of carbonyl (C=O) groups excluding carboxylic acids is 1. The third-order valence-corrected chi connectivity index (χ3v) is 5.23. The van der Waals surface area contributed by atoms with Crippen LogP contribution in [-0.4, -0.2) is 18.3 Å². The fourth-order valence-electron chi connectivity index (χ4n) is 2.38. The molecule has 0 heterocycles. The molecule has 24 heavy (non-hydrogen) atoms. The van der Waals surface area contributed by atoms with E-state index in [1.807, 2.05) is 49.0 Å². The minimum atomic E-state index is -0.165. The molecule has 0 unspecified atom stereocenters. The molecule has 0 saturated carbocycles. The third kappa shape index (κ3) is 6.58. The second-order valence-corrected chi connectivity index (χ2v) is 7.08. The Hall–Kier alpha value is -1.45. The van der Waals surface area contributed by atoms with Gasteiger partial charge in [-0.05, 0) is 55.2 Å². The van der Waals surface area contributed by atoms with E-state index in [1.54, 1.807) is 0 Å². The zero-order valence-corrected chi connectivity index (χ0v) is 15.5. The summed E-state index contributed by atoms with van der Waals surface area (Å²) in [6.45, 7) is 2.26. The quantitative estimate of drug-likeness (QED) is 0.332. The van der Waals surface area contributed by atoms with Crippen LogP contribution in [0.1, 0.15) is 30.9 Å². The molecule has 0 saturated heterocycles. The molecular weight excluding hydrogens is 340 g/mol. The van der Waals surface area contributed by atoms with E-state index < -0.39 is 0 Å². The molecule has 0 amide bonds. The molecule has 128 valence electrons. The van der Waals surface area contributed by atoms with Crippen LogP contribution in [0.3, 0.4) is 0 Å². The summed E-state index contributed by atoms with van der Waals surface area (Å²) in [5.41, 5.74) is 2.32. The number of unbranched alkanes of at least 4 members (excludes halogenated alkanes) is 1. The summed E-state index contributed by atoms with van der Waals surface area (Å²) in [5, 5.41) is 0.833. The number of aryl methyl sites for hydroxylation is 1. The molecule has 0 aliphatic heterocycles. The lowest BCUT2D eigenvalue weighted by atomic mass is 10.1. The van der Waals surface area contributed by atoms with Crippen molar-refractivity contribution in [3.63, 3.8) is 0 Å². The lowest BCUT2D eigenvalue weighted by Crippen LogP contribution is -2.07. The predicted octanol–water partition coefficient (Wildman–Crippen LogP) is 5.56. The topological polar surface area (TPSA) is 26.3 Å². The summed E-state index contributed by atoms with van der Waals surface area (Å²) >= 11 is 7.96. The van der Waals surface area contributed by atoms with E-state index >= 15 is 0 Å². The molecule has 2 aromatic rings. The van der Waals surface area contributed by atoms with Crippen molar-refractivity contribution in [1.29, 1.82) is 0 Å². The largest absolute Gasteiger partial charge is 0.466 e. The lowest BCUT2D eigenvalue weighted by Gasteiger charge is -2.06. The summed E-state index contributed by atoms with van der Waals surface area (Å²) in [6, 6.07) is 16.2. The minimum Gasteiger partial charge on any atom is -0.466 e. The van der Waals surface area contributed by atoms with E-state index in [9.17, 15) is 4.79 Å². The van der Waals surface area contributed by atoms with Gasteiger partial charge in [-0.25, -0.2) is 0 Å². The van der Waals surface area contributed by atoms with Gasteiger partial charge in [-0.1, -0.05) is 48.0 Å². The highest BCUT2D eigenvalue weighted by Crippen LogP contribution is 2.27. The van der Waals surface area contributed by atoms with Crippen LogP contribution < -0.4 is 0 Å². The van der Waals surface area contributed by atoms with E-state index in [-0.39, 0.29) is 5.97 Å². The first kappa shape index (κ1) is 18.9. The van der Waals surface area contributed by atoms with Crippen molar-refractivity contribution in [1.82, 2.24) is 0 Å². The van der Waals surface area contributed by atoms with Gasteiger partial charge in [0.2, 0.25) is 0 Å². The van der Waals surface area contributed by atoms with Crippen molar-refractivity contribution in [3.05, 3.63) is 64.7 Å². The van der Waals surface area contributed by atoms with Crippen molar-refractivity contribution in [2.24, 2.45) is 0 Å². The number of hydrogen-bond acceptors (Lipinski definition) is 3. The van der Waals surface area contributed by atoms with Gasteiger partial charge in [-0.3, -0.25) is 4.79 Å². The molecule has 0 fully saturated rings. The zero-order valence-electron chi connectivity index (χ0n) is 14.0. The SMILES string of the molecule is CCOC(=O)Cc1ccc(CCCCSc2ccccc2Cl)cc1. The van der Waals surface area contributed by atoms with E-state index in [0.29, 0.717) is 13.0 Å². The van der Waals surface area contributed by atoms with Crippen molar-refractivity contribution < 1.29 is 9.53 Å². The van der Waals surface area contributed by atoms with Gasteiger partial charge >= 0.3 is 5.97 Å². The molecule has 2 rings (SSSR count). The number of carbonyl (C=O) groups is 1. The van der Waals surface area contributed by atoms with Gasteiger partial charge in [0, 0.05) is 4.90 Å². The van der Waals surface area contributed by atoms with Gasteiger partial charge in [0.05, 0.1) is 18.1 Å². The standard InChI is InChI=1S/C20H23ClO2S/c1-2-23-20(22)15-17-12-10-16(11-13-17)7-5-6-14-24-19-9-4-3-8-18(19)21/h3-4,8-13H,2,5-7,14-15H2,1H3. The first-order chi connectivity index (χ1) is 11.7. The number of esters is 1. The van der Waals surface area contributed by atoms with Crippen molar-refractivity contribution in [2.75, 3.05) is 12.4 Å². The van der Waals surface area contributed by atoms with Gasteiger partial charge in [0.25, 0.3) is 0 Å². The van der Waals surface area contributed by atoms with Crippen molar-refractivity contribution in [2.45, 2.75) is 37.5 Å². The van der Waals surface area contributed by atoms with E-state index in [4.69, 9.17) is 16.3 Å². The van der Waals surface area contributed by atoms with E-state index in [2.05, 4.69) is 18.2 Å². The fraction of sp³-hybridized carbons (Fsp3) is 0.350. The lowest BCUT2D eigenvalue weighted by molar-refractivity contribution is -0.142. The molecule has 0 bridgehead atoms. The maximum absolute atomic E-state index is 11.4. The highest BCUT2D eigenvalue weighted by molar-refractivity contribution is 7.99. The number of halogens is 1. The summed E-state index contributed by atoms with van der Waals surface area (Å²) in [4.78, 5) is 12.6. The number of hydrogen-bond donors (Lipinski definition) is 0. The van der Waals surface area contributed by atoms with Crippen LogP contribution in [0.25, 0.3) is 0 Å². The second-order valence-electron chi connectivity index (χ2n) is 5.53. The first-order valence-electron chi connectivity index (χ1n) is 8.30. The Morgan fingerprint density at radius 1 is 1.04 bits per heavy atom. The molecule has 2 aromatic carbocycles. The first-order valence-corrected chi connectivity index (χ1v) is 9.66. The Bertz CT molecular complexity index is 640. The molecule has 0 aromatic heterocycles. The van der Waals surface area contributed by atoms with Gasteiger partial charge in [0.15, 0.2) is 0 Å². The Balaban J connectivity index is 1.67. The van der Waals surface area contributed by atoms with Crippen LogP contribution in [0.5, 0.6) is 0 Å². The molecule has 2 nitrogen and oxygen atoms in total. The Kier molecular flexibility index (Phi) is 8.20. The average molecular weight is 363 g/mol. The van der Waals surface area contributed by atoms with Crippen LogP contribution in [0.15, 0.2) is 53.4 Å². The summed E-state index contributed by atoms with van der Waals surface area (Å²) in [6.07, 6.45) is 3.71. The Morgan fingerprint density at radius 2 is 1.75 bits per heavy atom.